The molecule has 24 heavy (non-hydrogen) atoms. The van der Waals surface area contributed by atoms with Crippen LogP contribution in [0.2, 0.25) is 0 Å². The summed E-state index contributed by atoms with van der Waals surface area (Å²) in [5, 5.41) is 0. The van der Waals surface area contributed by atoms with Crippen molar-refractivity contribution in [3.8, 4) is 5.75 Å². The molecule has 132 valence electrons. The van der Waals surface area contributed by atoms with Gasteiger partial charge in [0.2, 0.25) is 15.9 Å². The molecule has 0 aliphatic carbocycles. The van der Waals surface area contributed by atoms with Crippen LogP contribution < -0.4 is 14.4 Å². The number of nitrogens with zero attached hydrogens (tertiary/aromatic N) is 1. The topological polar surface area (TPSA) is 110 Å². The van der Waals surface area contributed by atoms with E-state index in [2.05, 4.69) is 4.72 Å². The highest BCUT2D eigenvalue weighted by Gasteiger charge is 2.32. The van der Waals surface area contributed by atoms with E-state index < -0.39 is 25.9 Å². The highest BCUT2D eigenvalue weighted by atomic mass is 32.2. The first-order chi connectivity index (χ1) is 11.2. The molecular weight excluding hydrogens is 356 g/mol. The Morgan fingerprint density at radius 2 is 2.12 bits per heavy atom. The van der Waals surface area contributed by atoms with E-state index in [1.807, 2.05) is 0 Å². The highest BCUT2D eigenvalue weighted by Crippen LogP contribution is 2.34. The maximum absolute atomic E-state index is 12.5. The monoisotopic (exact) mass is 374 g/mol. The molecular formula is C14H18N2O6S2. The Kier molecular flexibility index (Phi) is 4.30. The van der Waals surface area contributed by atoms with Gasteiger partial charge in [-0.3, -0.25) is 4.79 Å². The number of hydrogen-bond acceptors (Lipinski definition) is 6. The summed E-state index contributed by atoms with van der Waals surface area (Å²) in [4.78, 5) is 13.1. The van der Waals surface area contributed by atoms with Gasteiger partial charge in [-0.1, -0.05) is 0 Å². The van der Waals surface area contributed by atoms with E-state index in [4.69, 9.17) is 4.74 Å². The van der Waals surface area contributed by atoms with Crippen molar-refractivity contribution >= 4 is 31.5 Å². The minimum Gasteiger partial charge on any atom is -0.490 e. The number of sulfone groups is 1. The fraction of sp³-hybridized carbons (Fsp3) is 0.500. The molecule has 2 aliphatic rings. The van der Waals surface area contributed by atoms with Gasteiger partial charge in [-0.2, -0.15) is 0 Å². The van der Waals surface area contributed by atoms with Crippen molar-refractivity contribution in [1.82, 2.24) is 4.72 Å². The molecule has 1 aromatic rings. The first-order valence-electron chi connectivity index (χ1n) is 7.46. The molecule has 1 amide bonds. The Hall–Kier alpha value is -1.65. The van der Waals surface area contributed by atoms with Crippen LogP contribution in [0.3, 0.4) is 0 Å². The number of ether oxygens (including phenoxy) is 1. The number of rotatable bonds is 3. The molecule has 1 atom stereocenters. The third-order valence-corrected chi connectivity index (χ3v) is 7.32. The second-order valence-electron chi connectivity index (χ2n) is 5.87. The summed E-state index contributed by atoms with van der Waals surface area (Å²) in [5.41, 5.74) is 0.399. The van der Waals surface area contributed by atoms with E-state index in [0.717, 1.165) is 0 Å². The average molecular weight is 374 g/mol. The smallest absolute Gasteiger partial charge is 0.240 e. The zero-order valence-corrected chi connectivity index (χ0v) is 14.7. The van der Waals surface area contributed by atoms with Gasteiger partial charge in [0.25, 0.3) is 0 Å². The number of hydrogen-bond donors (Lipinski definition) is 1. The van der Waals surface area contributed by atoms with Crippen molar-refractivity contribution in [2.75, 3.05) is 29.6 Å². The number of carbonyl (C=O) groups is 1. The lowest BCUT2D eigenvalue weighted by atomic mass is 10.2. The number of benzene rings is 1. The number of nitrogens with one attached hydrogen (secondary N) is 1. The molecule has 8 nitrogen and oxygen atoms in total. The fourth-order valence-corrected chi connectivity index (χ4v) is 5.94. The molecule has 1 saturated heterocycles. The van der Waals surface area contributed by atoms with Crippen LogP contribution in [-0.2, 0) is 24.7 Å². The summed E-state index contributed by atoms with van der Waals surface area (Å²) in [6, 6.07) is 3.64. The number of carbonyl (C=O) groups excluding carboxylic acids is 1. The standard InChI is InChI=1S/C14H18N2O6S2/c1-10(17)16-5-6-22-14-3-2-12(8-13(14)16)24(20,21)15-11-4-7-23(18,19)9-11/h2-3,8,11,15H,4-7,9H2,1H3. The van der Waals surface area contributed by atoms with Crippen LogP contribution in [0.1, 0.15) is 13.3 Å². The van der Waals surface area contributed by atoms with Crippen LogP contribution in [0.15, 0.2) is 23.1 Å². The van der Waals surface area contributed by atoms with Gasteiger partial charge in [-0.15, -0.1) is 0 Å². The molecule has 1 N–H and O–H groups in total. The van der Waals surface area contributed by atoms with Gasteiger partial charge in [-0.25, -0.2) is 21.6 Å². The molecule has 0 radical (unpaired) electrons. The Labute approximate surface area is 140 Å². The van der Waals surface area contributed by atoms with Crippen LogP contribution in [0.5, 0.6) is 5.75 Å². The minimum absolute atomic E-state index is 0.0175. The van der Waals surface area contributed by atoms with Crippen molar-refractivity contribution < 1.29 is 26.4 Å². The zero-order valence-electron chi connectivity index (χ0n) is 13.1. The molecule has 0 spiro atoms. The first-order valence-corrected chi connectivity index (χ1v) is 10.8. The van der Waals surface area contributed by atoms with Gasteiger partial charge < -0.3 is 9.64 Å². The van der Waals surface area contributed by atoms with E-state index in [1.165, 1.54) is 30.0 Å². The van der Waals surface area contributed by atoms with Crippen LogP contribution >= 0.6 is 0 Å². The lowest BCUT2D eigenvalue weighted by molar-refractivity contribution is -0.116. The SMILES string of the molecule is CC(=O)N1CCOc2ccc(S(=O)(=O)NC3CCS(=O)(=O)C3)cc21. The number of amides is 1. The predicted molar refractivity (Wildman–Crippen MR) is 87.3 cm³/mol. The number of anilines is 1. The van der Waals surface area contributed by atoms with Crippen LogP contribution in [0.25, 0.3) is 0 Å². The van der Waals surface area contributed by atoms with Gasteiger partial charge in [0.15, 0.2) is 9.84 Å². The highest BCUT2D eigenvalue weighted by molar-refractivity contribution is 7.92. The maximum atomic E-state index is 12.5. The molecule has 0 aromatic heterocycles. The maximum Gasteiger partial charge on any atom is 0.240 e. The van der Waals surface area contributed by atoms with E-state index >= 15 is 0 Å². The average Bonchev–Trinajstić information content (AvgIpc) is 2.84. The summed E-state index contributed by atoms with van der Waals surface area (Å²) >= 11 is 0. The normalized spacial score (nSPS) is 22.7. The Bertz CT molecular complexity index is 879. The third kappa shape index (κ3) is 3.40. The van der Waals surface area contributed by atoms with Crippen molar-refractivity contribution in [3.05, 3.63) is 18.2 Å². The molecule has 0 bridgehead atoms. The third-order valence-electron chi connectivity index (χ3n) is 4.04. The Balaban J connectivity index is 1.89. The van der Waals surface area contributed by atoms with Gasteiger partial charge in [0.1, 0.15) is 12.4 Å². The van der Waals surface area contributed by atoms with Crippen molar-refractivity contribution in [3.63, 3.8) is 0 Å². The van der Waals surface area contributed by atoms with Crippen molar-refractivity contribution in [1.29, 1.82) is 0 Å². The van der Waals surface area contributed by atoms with E-state index in [9.17, 15) is 21.6 Å². The van der Waals surface area contributed by atoms with Gasteiger partial charge in [-0.05, 0) is 24.6 Å². The summed E-state index contributed by atoms with van der Waals surface area (Å²) in [6.07, 6.45) is 0.259. The zero-order chi connectivity index (χ0) is 17.5. The van der Waals surface area contributed by atoms with Gasteiger partial charge in [0.05, 0.1) is 28.6 Å². The summed E-state index contributed by atoms with van der Waals surface area (Å²) in [7, 11) is -7.07. The molecule has 10 heteroatoms. The van der Waals surface area contributed by atoms with Crippen LogP contribution in [0, 0.1) is 0 Å². The molecule has 1 unspecified atom stereocenters. The largest absolute Gasteiger partial charge is 0.490 e. The van der Waals surface area contributed by atoms with Crippen molar-refractivity contribution in [2.45, 2.75) is 24.3 Å². The minimum atomic E-state index is -3.88. The lowest BCUT2D eigenvalue weighted by Crippen LogP contribution is -2.37. The van der Waals surface area contributed by atoms with E-state index in [-0.39, 0.29) is 28.7 Å². The molecule has 2 heterocycles. The molecule has 0 saturated carbocycles. The summed E-state index contributed by atoms with van der Waals surface area (Å²) in [5.74, 6) is 0.0266. The van der Waals surface area contributed by atoms with E-state index in [0.29, 0.717) is 24.6 Å². The van der Waals surface area contributed by atoms with Crippen molar-refractivity contribution in [2.24, 2.45) is 0 Å². The predicted octanol–water partition coefficient (Wildman–Crippen LogP) is -0.103. The number of fused-ring (bicyclic) bond motifs is 1. The van der Waals surface area contributed by atoms with Gasteiger partial charge in [0, 0.05) is 13.0 Å². The Morgan fingerprint density at radius 3 is 2.75 bits per heavy atom. The first kappa shape index (κ1) is 17.2. The molecule has 1 fully saturated rings. The number of sulfonamides is 1. The van der Waals surface area contributed by atoms with Gasteiger partial charge >= 0.3 is 0 Å². The quantitative estimate of drug-likeness (QED) is 0.791. The molecule has 3 rings (SSSR count). The second kappa shape index (κ2) is 6.01. The molecule has 2 aliphatic heterocycles. The fourth-order valence-electron chi connectivity index (χ4n) is 2.87. The Morgan fingerprint density at radius 1 is 1.38 bits per heavy atom. The summed E-state index contributed by atoms with van der Waals surface area (Å²) in [6.45, 7) is 2.09. The van der Waals surface area contributed by atoms with Crippen LogP contribution in [0.4, 0.5) is 5.69 Å². The summed E-state index contributed by atoms with van der Waals surface area (Å²) < 4.78 is 55.8. The molecule has 1 aromatic carbocycles. The lowest BCUT2D eigenvalue weighted by Gasteiger charge is -2.29. The van der Waals surface area contributed by atoms with Crippen LogP contribution in [-0.4, -0.2) is 53.4 Å². The van der Waals surface area contributed by atoms with E-state index in [1.54, 1.807) is 0 Å². The second-order valence-corrected chi connectivity index (χ2v) is 9.81.